The molecule has 0 spiro atoms. The summed E-state index contributed by atoms with van der Waals surface area (Å²) in [5, 5.41) is 5.38. The van der Waals surface area contributed by atoms with E-state index in [1.807, 2.05) is 43.6 Å². The van der Waals surface area contributed by atoms with Crippen molar-refractivity contribution in [1.82, 2.24) is 4.98 Å². The van der Waals surface area contributed by atoms with Crippen LogP contribution in [0.4, 0.5) is 10.1 Å². The van der Waals surface area contributed by atoms with Crippen LogP contribution < -0.4 is 5.32 Å². The van der Waals surface area contributed by atoms with Crippen molar-refractivity contribution in [3.05, 3.63) is 71.8 Å². The molecule has 3 rings (SSSR count). The van der Waals surface area contributed by atoms with Crippen molar-refractivity contribution in [2.75, 3.05) is 5.32 Å². The number of nitrogens with one attached hydrogen (secondary N) is 1. The van der Waals surface area contributed by atoms with E-state index in [-0.39, 0.29) is 5.82 Å². The van der Waals surface area contributed by atoms with Crippen LogP contribution in [0.15, 0.2) is 54.9 Å². The summed E-state index contributed by atoms with van der Waals surface area (Å²) < 4.78 is 13.7. The highest BCUT2D eigenvalue weighted by Gasteiger charge is 2.04. The number of rotatable bonds is 3. The summed E-state index contributed by atoms with van der Waals surface area (Å²) in [6.07, 6.45) is 3.66. The van der Waals surface area contributed by atoms with Crippen LogP contribution in [-0.2, 0) is 6.54 Å². The maximum absolute atomic E-state index is 13.7. The Hall–Kier alpha value is -2.42. The van der Waals surface area contributed by atoms with Crippen molar-refractivity contribution < 1.29 is 4.39 Å². The van der Waals surface area contributed by atoms with E-state index in [0.717, 1.165) is 21.9 Å². The van der Waals surface area contributed by atoms with Gasteiger partial charge in [0, 0.05) is 24.3 Å². The lowest BCUT2D eigenvalue weighted by molar-refractivity contribution is 0.629. The summed E-state index contributed by atoms with van der Waals surface area (Å²) in [6, 6.07) is 13.1. The van der Waals surface area contributed by atoms with Crippen molar-refractivity contribution in [3.8, 4) is 0 Å². The molecule has 100 valence electrons. The zero-order chi connectivity index (χ0) is 13.9. The first-order chi connectivity index (χ1) is 9.74. The summed E-state index contributed by atoms with van der Waals surface area (Å²) in [5.41, 5.74) is 2.62. The molecule has 0 bridgehead atoms. The Morgan fingerprint density at radius 2 is 1.95 bits per heavy atom. The van der Waals surface area contributed by atoms with E-state index >= 15 is 0 Å². The fraction of sp³-hybridized carbons (Fsp3) is 0.118. The third-order valence-corrected chi connectivity index (χ3v) is 3.34. The quantitative estimate of drug-likeness (QED) is 0.764. The van der Waals surface area contributed by atoms with Gasteiger partial charge < -0.3 is 5.32 Å². The number of nitrogens with zero attached hydrogens (tertiary/aromatic N) is 1. The van der Waals surface area contributed by atoms with Gasteiger partial charge in [-0.25, -0.2) is 4.39 Å². The van der Waals surface area contributed by atoms with Gasteiger partial charge in [0.25, 0.3) is 0 Å². The van der Waals surface area contributed by atoms with Gasteiger partial charge in [-0.15, -0.1) is 0 Å². The lowest BCUT2D eigenvalue weighted by Gasteiger charge is -2.10. The molecule has 0 saturated carbocycles. The van der Waals surface area contributed by atoms with Gasteiger partial charge in [0.15, 0.2) is 0 Å². The molecular weight excluding hydrogens is 251 g/mol. The van der Waals surface area contributed by atoms with E-state index in [0.29, 0.717) is 12.2 Å². The Morgan fingerprint density at radius 1 is 1.10 bits per heavy atom. The molecule has 0 amide bonds. The molecule has 2 nitrogen and oxygen atoms in total. The molecule has 0 aliphatic rings. The van der Waals surface area contributed by atoms with Crippen LogP contribution in [0.25, 0.3) is 10.8 Å². The number of hydrogen-bond acceptors (Lipinski definition) is 2. The van der Waals surface area contributed by atoms with Crippen molar-refractivity contribution >= 4 is 16.5 Å². The van der Waals surface area contributed by atoms with E-state index in [1.165, 1.54) is 6.07 Å². The zero-order valence-corrected chi connectivity index (χ0v) is 11.2. The molecule has 20 heavy (non-hydrogen) atoms. The molecule has 0 unspecified atom stereocenters. The standard InChI is InChI=1S/C17H15FN2/c1-12-6-7-16(18)17(8-12)20-11-14-10-19-9-13-4-2-3-5-15(13)14/h2-10,20H,11H2,1H3. The number of aryl methyl sites for hydroxylation is 1. The fourth-order valence-electron chi connectivity index (χ4n) is 2.29. The van der Waals surface area contributed by atoms with Gasteiger partial charge in [-0.3, -0.25) is 4.98 Å². The van der Waals surface area contributed by atoms with Crippen LogP contribution in [0.3, 0.4) is 0 Å². The molecule has 0 aliphatic carbocycles. The SMILES string of the molecule is Cc1ccc(F)c(NCc2cncc3ccccc23)c1. The topological polar surface area (TPSA) is 24.9 Å². The molecule has 0 saturated heterocycles. The highest BCUT2D eigenvalue weighted by atomic mass is 19.1. The fourth-order valence-corrected chi connectivity index (χ4v) is 2.29. The van der Waals surface area contributed by atoms with Gasteiger partial charge >= 0.3 is 0 Å². The lowest BCUT2D eigenvalue weighted by atomic mass is 10.1. The molecule has 1 aromatic heterocycles. The molecular formula is C17H15FN2. The van der Waals surface area contributed by atoms with Crippen molar-refractivity contribution in [3.63, 3.8) is 0 Å². The first kappa shape index (κ1) is 12.6. The normalized spacial score (nSPS) is 10.7. The number of pyridine rings is 1. The van der Waals surface area contributed by atoms with Crippen molar-refractivity contribution in [2.24, 2.45) is 0 Å². The van der Waals surface area contributed by atoms with Crippen molar-refractivity contribution in [1.29, 1.82) is 0 Å². The summed E-state index contributed by atoms with van der Waals surface area (Å²) in [7, 11) is 0. The van der Waals surface area contributed by atoms with Gasteiger partial charge in [-0.1, -0.05) is 30.3 Å². The number of halogens is 1. The first-order valence-electron chi connectivity index (χ1n) is 6.56. The van der Waals surface area contributed by atoms with Crippen LogP contribution in [0.2, 0.25) is 0 Å². The largest absolute Gasteiger partial charge is 0.379 e. The van der Waals surface area contributed by atoms with Gasteiger partial charge in [-0.2, -0.15) is 0 Å². The Balaban J connectivity index is 1.89. The number of hydrogen-bond donors (Lipinski definition) is 1. The van der Waals surface area contributed by atoms with Crippen LogP contribution in [-0.4, -0.2) is 4.98 Å². The third kappa shape index (κ3) is 2.48. The predicted molar refractivity (Wildman–Crippen MR) is 80.2 cm³/mol. The first-order valence-corrected chi connectivity index (χ1v) is 6.56. The summed E-state index contributed by atoms with van der Waals surface area (Å²) >= 11 is 0. The smallest absolute Gasteiger partial charge is 0.146 e. The third-order valence-electron chi connectivity index (χ3n) is 3.34. The molecule has 0 atom stereocenters. The Kier molecular flexibility index (Phi) is 3.33. The van der Waals surface area contributed by atoms with Crippen molar-refractivity contribution in [2.45, 2.75) is 13.5 Å². The number of aromatic nitrogens is 1. The van der Waals surface area contributed by atoms with E-state index in [4.69, 9.17) is 0 Å². The van der Waals surface area contributed by atoms with Gasteiger partial charge in [0.05, 0.1) is 5.69 Å². The second-order valence-electron chi connectivity index (χ2n) is 4.86. The van der Waals surface area contributed by atoms with E-state index < -0.39 is 0 Å². The maximum atomic E-state index is 13.7. The zero-order valence-electron chi connectivity index (χ0n) is 11.2. The minimum atomic E-state index is -0.233. The molecule has 0 fully saturated rings. The second-order valence-corrected chi connectivity index (χ2v) is 4.86. The average molecular weight is 266 g/mol. The Labute approximate surface area is 117 Å². The van der Waals surface area contributed by atoms with Gasteiger partial charge in [0.1, 0.15) is 5.82 Å². The number of benzene rings is 2. The highest BCUT2D eigenvalue weighted by Crippen LogP contribution is 2.20. The summed E-state index contributed by atoms with van der Waals surface area (Å²) in [6.45, 7) is 2.50. The second kappa shape index (κ2) is 5.29. The molecule has 1 heterocycles. The molecule has 3 heteroatoms. The molecule has 0 radical (unpaired) electrons. The minimum absolute atomic E-state index is 0.233. The minimum Gasteiger partial charge on any atom is -0.379 e. The van der Waals surface area contributed by atoms with Crippen LogP contribution in [0.1, 0.15) is 11.1 Å². The van der Waals surface area contributed by atoms with Crippen LogP contribution >= 0.6 is 0 Å². The number of fused-ring (bicyclic) bond motifs is 1. The maximum Gasteiger partial charge on any atom is 0.146 e. The lowest BCUT2D eigenvalue weighted by Crippen LogP contribution is -2.02. The monoisotopic (exact) mass is 266 g/mol. The van der Waals surface area contributed by atoms with Gasteiger partial charge in [0.2, 0.25) is 0 Å². The molecule has 3 aromatic rings. The van der Waals surface area contributed by atoms with E-state index in [1.54, 1.807) is 6.07 Å². The molecule has 1 N–H and O–H groups in total. The molecule has 2 aromatic carbocycles. The Morgan fingerprint density at radius 3 is 2.85 bits per heavy atom. The van der Waals surface area contributed by atoms with Crippen LogP contribution in [0, 0.1) is 12.7 Å². The summed E-state index contributed by atoms with van der Waals surface area (Å²) in [5.74, 6) is -0.233. The van der Waals surface area contributed by atoms with E-state index in [2.05, 4.69) is 16.4 Å². The van der Waals surface area contributed by atoms with Crippen LogP contribution in [0.5, 0.6) is 0 Å². The molecule has 0 aliphatic heterocycles. The highest BCUT2D eigenvalue weighted by molar-refractivity contribution is 5.84. The summed E-state index contributed by atoms with van der Waals surface area (Å²) in [4.78, 5) is 4.23. The van der Waals surface area contributed by atoms with Gasteiger partial charge in [-0.05, 0) is 35.6 Å². The number of anilines is 1. The predicted octanol–water partition coefficient (Wildman–Crippen LogP) is 4.29. The Bertz CT molecular complexity index is 748. The van der Waals surface area contributed by atoms with E-state index in [9.17, 15) is 4.39 Å². The average Bonchev–Trinajstić information content (AvgIpc) is 2.48.